The number of amides is 1. The van der Waals surface area contributed by atoms with Gasteiger partial charge in [-0.15, -0.1) is 0 Å². The van der Waals surface area contributed by atoms with Crippen LogP contribution in [0.4, 0.5) is 5.13 Å². The van der Waals surface area contributed by atoms with E-state index in [1.807, 2.05) is 19.1 Å². The monoisotopic (exact) mass is 491 g/mol. The van der Waals surface area contributed by atoms with Crippen LogP contribution in [0.3, 0.4) is 0 Å². The fourth-order valence-corrected chi connectivity index (χ4v) is 4.38. The molecule has 4 aromatic rings. The Morgan fingerprint density at radius 2 is 1.90 bits per heavy atom. The van der Waals surface area contributed by atoms with E-state index >= 15 is 0 Å². The van der Waals surface area contributed by atoms with E-state index in [4.69, 9.17) is 4.42 Å². The molecule has 10 heteroatoms. The average molecular weight is 492 g/mol. The van der Waals surface area contributed by atoms with Gasteiger partial charge in [0.05, 0.1) is 4.90 Å². The SMILES string of the molecule is Cc1c(C(=O)Nc2nc(-c3ccc(S(C)(=O)=O)cc3)ns2)oc2ccc(Br)cc12. The molecule has 0 bridgehead atoms. The largest absolute Gasteiger partial charge is 0.451 e. The summed E-state index contributed by atoms with van der Waals surface area (Å²) in [6, 6.07) is 11.8. The van der Waals surface area contributed by atoms with Gasteiger partial charge in [-0.1, -0.05) is 15.9 Å². The molecule has 0 radical (unpaired) electrons. The second kappa shape index (κ2) is 7.36. The standard InChI is InChI=1S/C19H14BrN3O4S2/c1-10-14-9-12(20)5-8-15(14)27-16(10)18(24)22-19-21-17(23-28-19)11-3-6-13(7-4-11)29(2,25)26/h3-9H,1-2H3,(H,21,22,23,24). The second-order valence-electron chi connectivity index (χ2n) is 6.37. The molecule has 0 saturated carbocycles. The van der Waals surface area contributed by atoms with Crippen LogP contribution < -0.4 is 5.32 Å². The van der Waals surface area contributed by atoms with Gasteiger partial charge in [-0.3, -0.25) is 10.1 Å². The third-order valence-electron chi connectivity index (χ3n) is 4.29. The molecule has 2 heterocycles. The number of aromatic nitrogens is 2. The lowest BCUT2D eigenvalue weighted by atomic mass is 10.1. The molecule has 0 spiro atoms. The van der Waals surface area contributed by atoms with Crippen molar-refractivity contribution in [2.45, 2.75) is 11.8 Å². The molecule has 1 amide bonds. The van der Waals surface area contributed by atoms with Crippen molar-refractivity contribution >= 4 is 59.3 Å². The smallest absolute Gasteiger partial charge is 0.293 e. The third-order valence-corrected chi connectivity index (χ3v) is 6.54. The molecule has 0 atom stereocenters. The van der Waals surface area contributed by atoms with Gasteiger partial charge >= 0.3 is 0 Å². The maximum absolute atomic E-state index is 12.6. The molecule has 0 aliphatic carbocycles. The van der Waals surface area contributed by atoms with E-state index in [-0.39, 0.29) is 10.7 Å². The molecule has 7 nitrogen and oxygen atoms in total. The van der Waals surface area contributed by atoms with Crippen molar-refractivity contribution in [3.8, 4) is 11.4 Å². The molecule has 29 heavy (non-hydrogen) atoms. The van der Waals surface area contributed by atoms with Crippen molar-refractivity contribution in [2.24, 2.45) is 0 Å². The van der Waals surface area contributed by atoms with Crippen LogP contribution >= 0.6 is 27.5 Å². The van der Waals surface area contributed by atoms with E-state index in [9.17, 15) is 13.2 Å². The normalized spacial score (nSPS) is 11.7. The highest BCUT2D eigenvalue weighted by Gasteiger charge is 2.19. The predicted molar refractivity (Wildman–Crippen MR) is 115 cm³/mol. The number of aryl methyl sites for hydroxylation is 1. The van der Waals surface area contributed by atoms with Crippen LogP contribution in [0.2, 0.25) is 0 Å². The fraction of sp³-hybridized carbons (Fsp3) is 0.105. The molecular weight excluding hydrogens is 478 g/mol. The van der Waals surface area contributed by atoms with E-state index in [1.165, 1.54) is 12.1 Å². The minimum Gasteiger partial charge on any atom is -0.451 e. The summed E-state index contributed by atoms with van der Waals surface area (Å²) in [5.41, 5.74) is 2.01. The number of hydrogen-bond donors (Lipinski definition) is 1. The number of fused-ring (bicyclic) bond motifs is 1. The molecule has 0 unspecified atom stereocenters. The minimum atomic E-state index is -3.27. The van der Waals surface area contributed by atoms with Crippen LogP contribution in [0.1, 0.15) is 16.1 Å². The number of carbonyl (C=O) groups excluding carboxylic acids is 1. The summed E-state index contributed by atoms with van der Waals surface area (Å²) in [4.78, 5) is 17.2. The lowest BCUT2D eigenvalue weighted by Gasteiger charge is -2.00. The first-order chi connectivity index (χ1) is 13.7. The van der Waals surface area contributed by atoms with E-state index in [1.54, 1.807) is 18.2 Å². The summed E-state index contributed by atoms with van der Waals surface area (Å²) >= 11 is 4.45. The van der Waals surface area contributed by atoms with Crippen molar-refractivity contribution in [2.75, 3.05) is 11.6 Å². The van der Waals surface area contributed by atoms with Gasteiger partial charge in [0.1, 0.15) is 5.58 Å². The van der Waals surface area contributed by atoms with Crippen LogP contribution in [-0.4, -0.2) is 29.9 Å². The molecule has 0 fully saturated rings. The Hall–Kier alpha value is -2.56. The zero-order valence-corrected chi connectivity index (χ0v) is 18.5. The Kier molecular flexibility index (Phi) is 5.01. The van der Waals surface area contributed by atoms with Gasteiger partial charge < -0.3 is 4.42 Å². The van der Waals surface area contributed by atoms with Crippen LogP contribution in [0.15, 0.2) is 56.2 Å². The number of nitrogens with one attached hydrogen (secondary N) is 1. The summed E-state index contributed by atoms with van der Waals surface area (Å²) in [6.07, 6.45) is 1.15. The molecule has 1 N–H and O–H groups in total. The summed E-state index contributed by atoms with van der Waals surface area (Å²) < 4.78 is 33.9. The van der Waals surface area contributed by atoms with Gasteiger partial charge in [-0.05, 0) is 49.4 Å². The number of carbonyl (C=O) groups is 1. The first-order valence-corrected chi connectivity index (χ1v) is 11.8. The number of halogens is 1. The topological polar surface area (TPSA) is 102 Å². The number of benzene rings is 2. The Bertz CT molecular complexity index is 1340. The Morgan fingerprint density at radius 3 is 2.59 bits per heavy atom. The first-order valence-electron chi connectivity index (χ1n) is 8.36. The lowest BCUT2D eigenvalue weighted by Crippen LogP contribution is -2.11. The molecule has 2 aromatic heterocycles. The van der Waals surface area contributed by atoms with Crippen molar-refractivity contribution in [3.05, 3.63) is 58.3 Å². The average Bonchev–Trinajstić information content (AvgIpc) is 3.26. The number of furan rings is 1. The molecule has 0 aliphatic rings. The Balaban J connectivity index is 1.56. The third kappa shape index (κ3) is 3.96. The minimum absolute atomic E-state index is 0.215. The second-order valence-corrected chi connectivity index (χ2v) is 10.1. The van der Waals surface area contributed by atoms with E-state index < -0.39 is 15.7 Å². The van der Waals surface area contributed by atoms with E-state index in [0.717, 1.165) is 33.2 Å². The molecule has 0 aliphatic heterocycles. The van der Waals surface area contributed by atoms with Crippen LogP contribution in [0.25, 0.3) is 22.4 Å². The lowest BCUT2D eigenvalue weighted by molar-refractivity contribution is 0.0998. The van der Waals surface area contributed by atoms with Gasteiger partial charge in [-0.25, -0.2) is 8.42 Å². The van der Waals surface area contributed by atoms with Gasteiger partial charge in [0.15, 0.2) is 21.4 Å². The number of hydrogen-bond acceptors (Lipinski definition) is 7. The maximum atomic E-state index is 12.6. The van der Waals surface area contributed by atoms with Crippen molar-refractivity contribution < 1.29 is 17.6 Å². The fourth-order valence-electron chi connectivity index (χ4n) is 2.81. The van der Waals surface area contributed by atoms with Crippen molar-refractivity contribution in [1.82, 2.24) is 9.36 Å². The highest BCUT2D eigenvalue weighted by molar-refractivity contribution is 9.10. The summed E-state index contributed by atoms with van der Waals surface area (Å²) in [7, 11) is -3.27. The van der Waals surface area contributed by atoms with E-state index in [2.05, 4.69) is 30.6 Å². The molecular formula is C19H14BrN3O4S2. The first kappa shape index (κ1) is 19.7. The van der Waals surface area contributed by atoms with Crippen LogP contribution in [0, 0.1) is 6.92 Å². The number of sulfone groups is 1. The van der Waals surface area contributed by atoms with Gasteiger partial charge in [-0.2, -0.15) is 9.36 Å². The van der Waals surface area contributed by atoms with Crippen molar-refractivity contribution in [3.63, 3.8) is 0 Å². The number of rotatable bonds is 4. The van der Waals surface area contributed by atoms with Gasteiger partial charge in [0, 0.05) is 38.8 Å². The zero-order chi connectivity index (χ0) is 20.8. The molecule has 2 aromatic carbocycles. The predicted octanol–water partition coefficient (Wildman–Crippen LogP) is 4.68. The van der Waals surface area contributed by atoms with Gasteiger partial charge in [0.25, 0.3) is 5.91 Å². The summed E-state index contributed by atoms with van der Waals surface area (Å²) in [6.45, 7) is 1.82. The summed E-state index contributed by atoms with van der Waals surface area (Å²) in [5.74, 6) is 0.202. The van der Waals surface area contributed by atoms with E-state index in [0.29, 0.717) is 22.1 Å². The maximum Gasteiger partial charge on any atom is 0.293 e. The van der Waals surface area contributed by atoms with Crippen molar-refractivity contribution in [1.29, 1.82) is 0 Å². The highest BCUT2D eigenvalue weighted by Crippen LogP contribution is 2.29. The van der Waals surface area contributed by atoms with Gasteiger partial charge in [0.2, 0.25) is 5.13 Å². The molecule has 4 rings (SSSR count). The number of anilines is 1. The number of nitrogens with zero attached hydrogens (tertiary/aromatic N) is 2. The summed E-state index contributed by atoms with van der Waals surface area (Å²) in [5, 5.41) is 3.88. The Morgan fingerprint density at radius 1 is 1.17 bits per heavy atom. The zero-order valence-electron chi connectivity index (χ0n) is 15.3. The quantitative estimate of drug-likeness (QED) is 0.444. The molecule has 0 saturated heterocycles. The highest BCUT2D eigenvalue weighted by atomic mass is 79.9. The molecule has 148 valence electrons. The van der Waals surface area contributed by atoms with Crippen LogP contribution in [0.5, 0.6) is 0 Å². The van der Waals surface area contributed by atoms with Crippen LogP contribution in [-0.2, 0) is 9.84 Å². The Labute approximate surface area is 179 Å².